The number of hydrogen-bond donors (Lipinski definition) is 1. The number of halogens is 10. The first-order valence-corrected chi connectivity index (χ1v) is 14.1. The first-order valence-electron chi connectivity index (χ1n) is 14.1. The molecule has 4 aromatic carbocycles. The van der Waals surface area contributed by atoms with Crippen molar-refractivity contribution in [1.82, 2.24) is 5.32 Å². The van der Waals surface area contributed by atoms with Crippen molar-refractivity contribution < 1.29 is 53.4 Å². The Kier molecular flexibility index (Phi) is 10.3. The maximum atomic E-state index is 15.1. The van der Waals surface area contributed by atoms with Crippen molar-refractivity contribution in [2.75, 3.05) is 0 Å². The van der Waals surface area contributed by atoms with Crippen LogP contribution in [-0.4, -0.2) is 18.4 Å². The van der Waals surface area contributed by atoms with E-state index in [2.05, 4.69) is 10.1 Å². The van der Waals surface area contributed by atoms with Gasteiger partial charge in [0.25, 0.3) is 5.91 Å². The number of hydrogen-bond acceptors (Lipinski definition) is 2. The number of carbonyl (C=O) groups is 1. The van der Waals surface area contributed by atoms with E-state index in [-0.39, 0.29) is 41.5 Å². The summed E-state index contributed by atoms with van der Waals surface area (Å²) in [6, 6.07) is 14.9. The molecule has 1 atom stereocenters. The van der Waals surface area contributed by atoms with Crippen LogP contribution in [0.4, 0.5) is 43.9 Å². The fourth-order valence-corrected chi connectivity index (χ4v) is 5.12. The molecular formula is C34H27F10NO2. The van der Waals surface area contributed by atoms with Crippen molar-refractivity contribution in [3.8, 4) is 5.75 Å². The van der Waals surface area contributed by atoms with Gasteiger partial charge < -0.3 is 10.1 Å². The molecule has 0 aromatic heterocycles. The predicted octanol–water partition coefficient (Wildman–Crippen LogP) is 9.47. The van der Waals surface area contributed by atoms with Crippen LogP contribution in [0.25, 0.3) is 0 Å². The number of amides is 1. The largest absolute Gasteiger partial charge is 0.461 e. The summed E-state index contributed by atoms with van der Waals surface area (Å²) in [5.74, 6) is -5.99. The van der Waals surface area contributed by atoms with E-state index < -0.39 is 64.5 Å². The molecule has 0 saturated carbocycles. The quantitative estimate of drug-likeness (QED) is 0.161. The lowest BCUT2D eigenvalue weighted by Gasteiger charge is -2.37. The van der Waals surface area contributed by atoms with Gasteiger partial charge in [0.2, 0.25) is 0 Å². The van der Waals surface area contributed by atoms with Gasteiger partial charge in [-0.15, -0.1) is 0 Å². The van der Waals surface area contributed by atoms with Gasteiger partial charge in [0.05, 0.1) is 11.1 Å². The molecule has 0 radical (unpaired) electrons. The summed E-state index contributed by atoms with van der Waals surface area (Å²) >= 11 is 0. The van der Waals surface area contributed by atoms with E-state index in [1.165, 1.54) is 12.1 Å². The molecule has 0 heterocycles. The van der Waals surface area contributed by atoms with Crippen molar-refractivity contribution in [3.05, 3.63) is 136 Å². The Bertz CT molecular complexity index is 1720. The monoisotopic (exact) mass is 671 g/mol. The zero-order chi connectivity index (χ0) is 34.7. The van der Waals surface area contributed by atoms with Crippen LogP contribution in [0.5, 0.6) is 5.75 Å². The summed E-state index contributed by atoms with van der Waals surface area (Å²) in [5.41, 5.74) is -4.32. The average molecular weight is 672 g/mol. The second kappa shape index (κ2) is 13.7. The molecule has 1 N–H and O–H groups in total. The molecule has 4 rings (SSSR count). The number of nitrogens with one attached hydrogen (secondary N) is 1. The highest BCUT2D eigenvalue weighted by atomic mass is 19.4. The molecule has 0 fully saturated rings. The summed E-state index contributed by atoms with van der Waals surface area (Å²) in [6.07, 6.45) is -14.7. The van der Waals surface area contributed by atoms with Crippen LogP contribution in [0, 0.1) is 23.4 Å². The standard InChI is InChI=1S/C34H27F10NO2/c1-19(2)12-22-13-23(9-11-28(22)36)32(18-20-6-4-3-5-7-20,24-15-25(35)17-26(16-24)47-34(43,44)31(38)39)45-30(46)21-8-10-29(37)27(14-21)33(40,41)42/h3-11,13-17,19,31H,12,18H2,1-2H3,(H,45,46)/t32-/m1/s1. The highest BCUT2D eigenvalue weighted by Gasteiger charge is 2.45. The Morgan fingerprint density at radius 3 is 2.06 bits per heavy atom. The highest BCUT2D eigenvalue weighted by Crippen LogP contribution is 2.39. The Labute approximate surface area is 263 Å². The number of rotatable bonds is 11. The van der Waals surface area contributed by atoms with E-state index in [1.54, 1.807) is 44.2 Å². The Morgan fingerprint density at radius 2 is 1.45 bits per heavy atom. The van der Waals surface area contributed by atoms with Crippen LogP contribution < -0.4 is 10.1 Å². The second-order valence-corrected chi connectivity index (χ2v) is 11.3. The molecule has 0 saturated heterocycles. The maximum absolute atomic E-state index is 15.1. The smallest absolute Gasteiger partial charge is 0.428 e. The molecule has 0 aliphatic rings. The normalized spacial score (nSPS) is 13.5. The van der Waals surface area contributed by atoms with Crippen LogP contribution >= 0.6 is 0 Å². The molecule has 13 heteroatoms. The van der Waals surface area contributed by atoms with Crippen molar-refractivity contribution in [1.29, 1.82) is 0 Å². The molecule has 0 spiro atoms. The minimum Gasteiger partial charge on any atom is -0.428 e. The molecule has 0 aliphatic carbocycles. The van der Waals surface area contributed by atoms with Gasteiger partial charge in [0.15, 0.2) is 0 Å². The molecule has 47 heavy (non-hydrogen) atoms. The van der Waals surface area contributed by atoms with Gasteiger partial charge in [-0.1, -0.05) is 56.3 Å². The van der Waals surface area contributed by atoms with Gasteiger partial charge in [-0.2, -0.15) is 30.7 Å². The number of benzene rings is 4. The number of carbonyl (C=O) groups excluding carboxylic acids is 1. The SMILES string of the molecule is CC(C)Cc1cc([C@@](Cc2ccccc2)(NC(=O)c2ccc(F)c(C(F)(F)F)c2)c2cc(F)cc(OC(F)(F)C(F)F)c2)ccc1F. The van der Waals surface area contributed by atoms with Crippen LogP contribution in [0.3, 0.4) is 0 Å². The van der Waals surface area contributed by atoms with Gasteiger partial charge in [0, 0.05) is 18.1 Å². The maximum Gasteiger partial charge on any atom is 0.461 e. The van der Waals surface area contributed by atoms with Crippen LogP contribution in [0.2, 0.25) is 0 Å². The summed E-state index contributed by atoms with van der Waals surface area (Å²) in [5, 5.41) is 2.56. The fourth-order valence-electron chi connectivity index (χ4n) is 5.12. The van der Waals surface area contributed by atoms with E-state index in [0.717, 1.165) is 24.3 Å². The van der Waals surface area contributed by atoms with E-state index in [9.17, 15) is 44.3 Å². The molecule has 0 unspecified atom stereocenters. The molecular weight excluding hydrogens is 644 g/mol. The third-order valence-electron chi connectivity index (χ3n) is 7.21. The number of alkyl halides is 7. The first-order chi connectivity index (χ1) is 21.9. The molecule has 0 bridgehead atoms. The molecule has 1 amide bonds. The summed E-state index contributed by atoms with van der Waals surface area (Å²) in [6.45, 7) is 3.58. The van der Waals surface area contributed by atoms with Crippen molar-refractivity contribution in [3.63, 3.8) is 0 Å². The Hall–Kier alpha value is -4.55. The zero-order valence-electron chi connectivity index (χ0n) is 24.7. The van der Waals surface area contributed by atoms with E-state index >= 15 is 4.39 Å². The minimum absolute atomic E-state index is 0.0297. The number of ether oxygens (including phenoxy) is 1. The van der Waals surface area contributed by atoms with Gasteiger partial charge >= 0.3 is 18.7 Å². The van der Waals surface area contributed by atoms with Gasteiger partial charge in [0.1, 0.15) is 23.2 Å². The van der Waals surface area contributed by atoms with Crippen molar-refractivity contribution in [2.24, 2.45) is 5.92 Å². The molecule has 3 nitrogen and oxygen atoms in total. The van der Waals surface area contributed by atoms with Gasteiger partial charge in [-0.05, 0) is 71.0 Å². The summed E-state index contributed by atoms with van der Waals surface area (Å²) in [7, 11) is 0. The molecule has 250 valence electrons. The highest BCUT2D eigenvalue weighted by molar-refractivity contribution is 5.95. The van der Waals surface area contributed by atoms with E-state index in [4.69, 9.17) is 0 Å². The predicted molar refractivity (Wildman–Crippen MR) is 153 cm³/mol. The first kappa shape index (κ1) is 35.3. The Balaban J connectivity index is 2.02. The van der Waals surface area contributed by atoms with Crippen LogP contribution in [0.1, 0.15) is 52.0 Å². The van der Waals surface area contributed by atoms with Crippen molar-refractivity contribution in [2.45, 2.75) is 50.9 Å². The topological polar surface area (TPSA) is 38.3 Å². The van der Waals surface area contributed by atoms with Crippen molar-refractivity contribution >= 4 is 5.91 Å². The third-order valence-corrected chi connectivity index (χ3v) is 7.21. The Morgan fingerprint density at radius 1 is 0.787 bits per heavy atom. The lowest BCUT2D eigenvalue weighted by molar-refractivity contribution is -0.253. The fraction of sp³-hybridized carbons (Fsp3) is 0.265. The molecule has 4 aromatic rings. The van der Waals surface area contributed by atoms with Gasteiger partial charge in [-0.25, -0.2) is 13.2 Å². The second-order valence-electron chi connectivity index (χ2n) is 11.3. The van der Waals surface area contributed by atoms with Crippen LogP contribution in [0.15, 0.2) is 84.9 Å². The summed E-state index contributed by atoms with van der Waals surface area (Å²) < 4.78 is 143. The van der Waals surface area contributed by atoms with Crippen LogP contribution in [-0.2, 0) is 24.6 Å². The molecule has 0 aliphatic heterocycles. The third kappa shape index (κ3) is 8.25. The average Bonchev–Trinajstić information content (AvgIpc) is 2.97. The zero-order valence-corrected chi connectivity index (χ0v) is 24.7. The summed E-state index contributed by atoms with van der Waals surface area (Å²) in [4.78, 5) is 13.8. The lowest BCUT2D eigenvalue weighted by atomic mass is 9.76. The lowest BCUT2D eigenvalue weighted by Crippen LogP contribution is -2.49. The van der Waals surface area contributed by atoms with Gasteiger partial charge in [-0.3, -0.25) is 4.79 Å². The van der Waals surface area contributed by atoms with E-state index in [1.807, 2.05) is 0 Å². The van der Waals surface area contributed by atoms with E-state index in [0.29, 0.717) is 17.7 Å². The minimum atomic E-state index is -5.19.